The Morgan fingerprint density at radius 3 is 2.68 bits per heavy atom. The zero-order chi connectivity index (χ0) is 13.8. The van der Waals surface area contributed by atoms with Crippen LogP contribution in [0.2, 0.25) is 0 Å². The molecule has 4 heteroatoms. The molecule has 19 heavy (non-hydrogen) atoms. The molecule has 2 rings (SSSR count). The van der Waals surface area contributed by atoms with Crippen LogP contribution in [0.4, 0.5) is 4.39 Å². The van der Waals surface area contributed by atoms with Crippen LogP contribution in [-0.4, -0.2) is 28.7 Å². The Morgan fingerprint density at radius 1 is 1.42 bits per heavy atom. The SMILES string of the molecule is CC1CCN(C(=O)C(Br)Cc2ccccc2F)CC1. The van der Waals surface area contributed by atoms with E-state index in [0.717, 1.165) is 25.9 Å². The Hall–Kier alpha value is -0.900. The molecule has 1 aromatic rings. The quantitative estimate of drug-likeness (QED) is 0.779. The van der Waals surface area contributed by atoms with E-state index >= 15 is 0 Å². The molecule has 1 fully saturated rings. The van der Waals surface area contributed by atoms with Gasteiger partial charge in [-0.2, -0.15) is 0 Å². The van der Waals surface area contributed by atoms with Gasteiger partial charge in [0.15, 0.2) is 0 Å². The van der Waals surface area contributed by atoms with E-state index < -0.39 is 0 Å². The average molecular weight is 328 g/mol. The minimum absolute atomic E-state index is 0.0788. The lowest BCUT2D eigenvalue weighted by Crippen LogP contribution is -2.42. The standard InChI is InChI=1S/C15H19BrFNO/c1-11-6-8-18(9-7-11)15(19)13(16)10-12-4-2-3-5-14(12)17/h2-5,11,13H,6-10H2,1H3. The molecule has 2 nitrogen and oxygen atoms in total. The maximum atomic E-state index is 13.6. The van der Waals surface area contributed by atoms with Crippen molar-refractivity contribution in [3.8, 4) is 0 Å². The fourth-order valence-electron chi connectivity index (χ4n) is 2.37. The highest BCUT2D eigenvalue weighted by atomic mass is 79.9. The van der Waals surface area contributed by atoms with Crippen LogP contribution >= 0.6 is 15.9 Å². The molecule has 1 unspecified atom stereocenters. The fourth-order valence-corrected chi connectivity index (χ4v) is 3.01. The summed E-state index contributed by atoms with van der Waals surface area (Å²) in [5.41, 5.74) is 0.586. The van der Waals surface area contributed by atoms with Crippen molar-refractivity contribution in [2.24, 2.45) is 5.92 Å². The number of nitrogens with zero attached hydrogens (tertiary/aromatic N) is 1. The lowest BCUT2D eigenvalue weighted by molar-refractivity contribution is -0.131. The summed E-state index contributed by atoms with van der Waals surface area (Å²) >= 11 is 3.41. The minimum Gasteiger partial charge on any atom is -0.342 e. The smallest absolute Gasteiger partial charge is 0.236 e. The van der Waals surface area contributed by atoms with Gasteiger partial charge in [0.25, 0.3) is 0 Å². The first-order valence-electron chi connectivity index (χ1n) is 6.74. The zero-order valence-corrected chi connectivity index (χ0v) is 12.7. The summed E-state index contributed by atoms with van der Waals surface area (Å²) in [4.78, 5) is 13.8. The van der Waals surface area contributed by atoms with Gasteiger partial charge in [-0.3, -0.25) is 4.79 Å². The molecule has 0 bridgehead atoms. The molecule has 1 aliphatic rings. The van der Waals surface area contributed by atoms with E-state index in [-0.39, 0.29) is 16.6 Å². The molecule has 0 saturated carbocycles. The summed E-state index contributed by atoms with van der Waals surface area (Å²) in [6, 6.07) is 6.62. The van der Waals surface area contributed by atoms with Crippen LogP contribution in [0.5, 0.6) is 0 Å². The first-order chi connectivity index (χ1) is 9.08. The molecule has 1 aromatic carbocycles. The van der Waals surface area contributed by atoms with Gasteiger partial charge < -0.3 is 4.90 Å². The molecule has 104 valence electrons. The van der Waals surface area contributed by atoms with Crippen molar-refractivity contribution in [1.29, 1.82) is 0 Å². The number of piperidine rings is 1. The number of carbonyl (C=O) groups excluding carboxylic acids is 1. The van der Waals surface area contributed by atoms with Crippen molar-refractivity contribution >= 4 is 21.8 Å². The number of benzene rings is 1. The van der Waals surface area contributed by atoms with Crippen molar-refractivity contribution in [3.63, 3.8) is 0 Å². The van der Waals surface area contributed by atoms with Gasteiger partial charge in [-0.15, -0.1) is 0 Å². The Morgan fingerprint density at radius 2 is 2.05 bits per heavy atom. The normalized spacial score (nSPS) is 18.4. The van der Waals surface area contributed by atoms with Crippen molar-refractivity contribution in [2.75, 3.05) is 13.1 Å². The van der Waals surface area contributed by atoms with Crippen molar-refractivity contribution < 1.29 is 9.18 Å². The summed E-state index contributed by atoms with van der Waals surface area (Å²) in [5.74, 6) is 0.534. The highest BCUT2D eigenvalue weighted by Crippen LogP contribution is 2.20. The second kappa shape index (κ2) is 6.51. The molecular formula is C15H19BrFNO. The van der Waals surface area contributed by atoms with Crippen molar-refractivity contribution in [2.45, 2.75) is 31.0 Å². The molecule has 1 atom stereocenters. The number of hydrogen-bond donors (Lipinski definition) is 0. The molecule has 1 heterocycles. The van der Waals surface area contributed by atoms with Crippen LogP contribution in [-0.2, 0) is 11.2 Å². The molecule has 1 amide bonds. The predicted octanol–water partition coefficient (Wildman–Crippen LogP) is 3.39. The monoisotopic (exact) mass is 327 g/mol. The Labute approximate surface area is 122 Å². The van der Waals surface area contributed by atoms with Crippen LogP contribution in [0.15, 0.2) is 24.3 Å². The first-order valence-corrected chi connectivity index (χ1v) is 7.65. The Bertz CT molecular complexity index is 444. The number of rotatable bonds is 3. The van der Waals surface area contributed by atoms with E-state index in [0.29, 0.717) is 17.9 Å². The van der Waals surface area contributed by atoms with Crippen molar-refractivity contribution in [1.82, 2.24) is 4.90 Å². The van der Waals surface area contributed by atoms with Crippen LogP contribution in [0, 0.1) is 11.7 Å². The van der Waals surface area contributed by atoms with Crippen LogP contribution in [0.25, 0.3) is 0 Å². The first kappa shape index (κ1) is 14.5. The van der Waals surface area contributed by atoms with Gasteiger partial charge >= 0.3 is 0 Å². The Balaban J connectivity index is 1.94. The van der Waals surface area contributed by atoms with Crippen LogP contribution in [0.3, 0.4) is 0 Å². The van der Waals surface area contributed by atoms with E-state index in [2.05, 4.69) is 22.9 Å². The average Bonchev–Trinajstić information content (AvgIpc) is 2.41. The molecular weight excluding hydrogens is 309 g/mol. The number of likely N-dealkylation sites (tertiary alicyclic amines) is 1. The third-order valence-electron chi connectivity index (χ3n) is 3.72. The highest BCUT2D eigenvalue weighted by molar-refractivity contribution is 9.10. The van der Waals surface area contributed by atoms with Gasteiger partial charge in [0.05, 0.1) is 4.83 Å². The summed E-state index contributed by atoms with van der Waals surface area (Å²) in [5, 5.41) is 0. The van der Waals surface area contributed by atoms with E-state index in [4.69, 9.17) is 0 Å². The zero-order valence-electron chi connectivity index (χ0n) is 11.1. The number of alkyl halides is 1. The second-order valence-corrected chi connectivity index (χ2v) is 6.38. The molecule has 0 aliphatic carbocycles. The highest BCUT2D eigenvalue weighted by Gasteiger charge is 2.26. The van der Waals surface area contributed by atoms with Gasteiger partial charge in [-0.25, -0.2) is 4.39 Å². The molecule has 0 spiro atoms. The lowest BCUT2D eigenvalue weighted by atomic mass is 9.98. The minimum atomic E-state index is -0.335. The largest absolute Gasteiger partial charge is 0.342 e. The number of carbonyl (C=O) groups is 1. The summed E-state index contributed by atoms with van der Waals surface area (Å²) in [6.07, 6.45) is 2.52. The maximum absolute atomic E-state index is 13.6. The van der Waals surface area contributed by atoms with E-state index in [1.54, 1.807) is 18.2 Å². The lowest BCUT2D eigenvalue weighted by Gasteiger charge is -2.31. The van der Waals surface area contributed by atoms with Gasteiger partial charge in [-0.05, 0) is 36.8 Å². The molecule has 1 aliphatic heterocycles. The van der Waals surface area contributed by atoms with Gasteiger partial charge in [0, 0.05) is 13.1 Å². The predicted molar refractivity (Wildman–Crippen MR) is 77.8 cm³/mol. The Kier molecular flexibility index (Phi) is 4.97. The van der Waals surface area contributed by atoms with Gasteiger partial charge in [-0.1, -0.05) is 41.1 Å². The topological polar surface area (TPSA) is 20.3 Å². The maximum Gasteiger partial charge on any atom is 0.236 e. The van der Waals surface area contributed by atoms with Gasteiger partial charge in [0.1, 0.15) is 5.82 Å². The number of amides is 1. The molecule has 0 radical (unpaired) electrons. The molecule has 0 N–H and O–H groups in total. The second-order valence-electron chi connectivity index (χ2n) is 5.27. The fraction of sp³-hybridized carbons (Fsp3) is 0.533. The summed E-state index contributed by atoms with van der Waals surface area (Å²) in [6.45, 7) is 3.85. The summed E-state index contributed by atoms with van der Waals surface area (Å²) in [7, 11) is 0. The van der Waals surface area contributed by atoms with Crippen LogP contribution in [0.1, 0.15) is 25.3 Å². The third-order valence-corrected chi connectivity index (χ3v) is 4.44. The molecule has 1 saturated heterocycles. The van der Waals surface area contributed by atoms with E-state index in [9.17, 15) is 9.18 Å². The third kappa shape index (κ3) is 3.78. The van der Waals surface area contributed by atoms with Gasteiger partial charge in [0.2, 0.25) is 5.91 Å². The van der Waals surface area contributed by atoms with E-state index in [1.807, 2.05) is 4.90 Å². The number of halogens is 2. The number of hydrogen-bond acceptors (Lipinski definition) is 1. The summed E-state index contributed by atoms with van der Waals surface area (Å²) < 4.78 is 13.6. The van der Waals surface area contributed by atoms with Crippen LogP contribution < -0.4 is 0 Å². The van der Waals surface area contributed by atoms with E-state index in [1.165, 1.54) is 6.07 Å². The molecule has 0 aromatic heterocycles. The van der Waals surface area contributed by atoms with Crippen molar-refractivity contribution in [3.05, 3.63) is 35.6 Å².